The number of carbonyl (C=O) groups is 1. The molecule has 26 heavy (non-hydrogen) atoms. The molecule has 7 heteroatoms. The molecule has 0 aliphatic carbocycles. The van der Waals surface area contributed by atoms with Crippen molar-refractivity contribution in [1.29, 1.82) is 0 Å². The molecule has 0 saturated carbocycles. The Balaban J connectivity index is 1.71. The van der Waals surface area contributed by atoms with Crippen molar-refractivity contribution in [2.75, 3.05) is 13.1 Å². The molecule has 0 bridgehead atoms. The largest absolute Gasteiger partial charge is 0.337 e. The topological polar surface area (TPSA) is 57.7 Å². The van der Waals surface area contributed by atoms with Gasteiger partial charge in [0.05, 0.1) is 0 Å². The molecule has 0 spiro atoms. The first-order valence-corrected chi connectivity index (χ1v) is 10.8. The predicted molar refractivity (Wildman–Crippen MR) is 97.5 cm³/mol. The summed E-state index contributed by atoms with van der Waals surface area (Å²) in [6.07, 6.45) is 3.79. The Labute approximate surface area is 155 Å². The van der Waals surface area contributed by atoms with Gasteiger partial charge in [-0.1, -0.05) is 19.1 Å². The Kier molecular flexibility index (Phi) is 5.67. The smallest absolute Gasteiger partial charge is 0.245 e. The summed E-state index contributed by atoms with van der Waals surface area (Å²) in [6, 6.07) is 5.73. The molecule has 0 aromatic heterocycles. The second kappa shape index (κ2) is 7.64. The number of hydrogen-bond donors (Lipinski definition) is 0. The molecule has 1 amide bonds. The molecular weight excluding hydrogens is 355 g/mol. The van der Waals surface area contributed by atoms with E-state index >= 15 is 0 Å². The van der Waals surface area contributed by atoms with Crippen molar-refractivity contribution in [2.45, 2.75) is 62.9 Å². The van der Waals surface area contributed by atoms with Gasteiger partial charge in [0.25, 0.3) is 0 Å². The molecule has 2 aliphatic rings. The summed E-state index contributed by atoms with van der Waals surface area (Å²) >= 11 is 0. The summed E-state index contributed by atoms with van der Waals surface area (Å²) in [7, 11) is -3.83. The number of benzene rings is 1. The molecule has 0 N–H and O–H groups in total. The maximum absolute atomic E-state index is 13.9. The van der Waals surface area contributed by atoms with Gasteiger partial charge in [-0.25, -0.2) is 12.8 Å². The Bertz CT molecular complexity index is 760. The predicted octanol–water partition coefficient (Wildman–Crippen LogP) is 3.02. The molecule has 2 fully saturated rings. The number of carbonyl (C=O) groups excluding carboxylic acids is 1. The molecule has 2 atom stereocenters. The van der Waals surface area contributed by atoms with Gasteiger partial charge in [0.2, 0.25) is 15.9 Å². The molecule has 2 heterocycles. The normalized spacial score (nSPS) is 26.7. The van der Waals surface area contributed by atoms with Crippen molar-refractivity contribution in [3.05, 3.63) is 30.1 Å². The van der Waals surface area contributed by atoms with Crippen LogP contribution < -0.4 is 0 Å². The fourth-order valence-corrected chi connectivity index (χ4v) is 5.67. The monoisotopic (exact) mass is 382 g/mol. The van der Waals surface area contributed by atoms with Crippen LogP contribution in [0.1, 0.15) is 46.0 Å². The lowest BCUT2D eigenvalue weighted by atomic mass is 10.0. The minimum atomic E-state index is -3.83. The van der Waals surface area contributed by atoms with E-state index in [1.54, 1.807) is 0 Å². The molecule has 2 aliphatic heterocycles. The average Bonchev–Trinajstić information content (AvgIpc) is 2.73. The highest BCUT2D eigenvalue weighted by atomic mass is 32.2. The van der Waals surface area contributed by atoms with Crippen LogP contribution in [0.2, 0.25) is 0 Å². The molecule has 5 nitrogen and oxygen atoms in total. The molecular formula is C19H27FN2O3S. The van der Waals surface area contributed by atoms with Crippen LogP contribution in [0.3, 0.4) is 0 Å². The molecule has 0 radical (unpaired) electrons. The van der Waals surface area contributed by atoms with Gasteiger partial charge in [-0.2, -0.15) is 4.31 Å². The second-order valence-corrected chi connectivity index (χ2v) is 9.51. The van der Waals surface area contributed by atoms with Crippen molar-refractivity contribution in [1.82, 2.24) is 9.21 Å². The zero-order valence-corrected chi connectivity index (χ0v) is 16.2. The Hall–Kier alpha value is -1.47. The number of sulfonamides is 1. The minimum absolute atomic E-state index is 0.0647. The minimum Gasteiger partial charge on any atom is -0.337 e. The van der Waals surface area contributed by atoms with Crippen LogP contribution in [-0.4, -0.2) is 48.7 Å². The highest BCUT2D eigenvalue weighted by Gasteiger charge is 2.37. The van der Waals surface area contributed by atoms with Crippen molar-refractivity contribution < 1.29 is 17.6 Å². The Morgan fingerprint density at radius 1 is 1.04 bits per heavy atom. The van der Waals surface area contributed by atoms with Crippen LogP contribution in [0.15, 0.2) is 29.2 Å². The van der Waals surface area contributed by atoms with E-state index in [0.717, 1.165) is 12.8 Å². The van der Waals surface area contributed by atoms with E-state index in [9.17, 15) is 17.6 Å². The third kappa shape index (κ3) is 3.78. The van der Waals surface area contributed by atoms with Crippen LogP contribution in [-0.2, 0) is 14.8 Å². The highest BCUT2D eigenvalue weighted by molar-refractivity contribution is 7.89. The van der Waals surface area contributed by atoms with Crippen LogP contribution in [0, 0.1) is 11.7 Å². The third-order valence-corrected chi connectivity index (χ3v) is 7.57. The fraction of sp³-hybridized carbons (Fsp3) is 0.632. The summed E-state index contributed by atoms with van der Waals surface area (Å²) in [6.45, 7) is 4.82. The lowest BCUT2D eigenvalue weighted by Crippen LogP contribution is -2.51. The Morgan fingerprint density at radius 3 is 2.35 bits per heavy atom. The van der Waals surface area contributed by atoms with Crippen LogP contribution >= 0.6 is 0 Å². The number of hydrogen-bond acceptors (Lipinski definition) is 3. The van der Waals surface area contributed by atoms with Gasteiger partial charge < -0.3 is 4.90 Å². The zero-order valence-electron chi connectivity index (χ0n) is 15.4. The number of amides is 1. The quantitative estimate of drug-likeness (QED) is 0.807. The maximum Gasteiger partial charge on any atom is 0.245 e. The standard InChI is InChI=1S/C19H27FN2O3S/c1-14-7-8-15(2)22(19(23)13-14)16-9-11-21(12-10-16)26(24,25)18-6-4-3-5-17(18)20/h3-6,14-16H,7-13H2,1-2H3. The van der Waals surface area contributed by atoms with Crippen LogP contribution in [0.4, 0.5) is 4.39 Å². The van der Waals surface area contributed by atoms with E-state index in [-0.39, 0.29) is 22.9 Å². The number of rotatable bonds is 3. The first-order chi connectivity index (χ1) is 12.3. The second-order valence-electron chi connectivity index (χ2n) is 7.60. The van der Waals surface area contributed by atoms with E-state index < -0.39 is 15.8 Å². The lowest BCUT2D eigenvalue weighted by Gasteiger charge is -2.40. The number of piperidine rings is 1. The lowest BCUT2D eigenvalue weighted by molar-refractivity contribution is -0.136. The summed E-state index contributed by atoms with van der Waals surface area (Å²) in [5, 5.41) is 0. The van der Waals surface area contributed by atoms with Crippen molar-refractivity contribution in [3.63, 3.8) is 0 Å². The molecule has 144 valence electrons. The molecule has 3 rings (SSSR count). The summed E-state index contributed by atoms with van der Waals surface area (Å²) in [5.41, 5.74) is 0. The van der Waals surface area contributed by atoms with Gasteiger partial charge in [0.1, 0.15) is 10.7 Å². The Morgan fingerprint density at radius 2 is 1.69 bits per heavy atom. The summed E-state index contributed by atoms with van der Waals surface area (Å²) in [4.78, 5) is 14.3. The molecule has 1 aromatic carbocycles. The number of nitrogens with zero attached hydrogens (tertiary/aromatic N) is 2. The number of halogens is 1. The van der Waals surface area contributed by atoms with Gasteiger partial charge in [-0.05, 0) is 50.7 Å². The molecule has 1 aromatic rings. The van der Waals surface area contributed by atoms with E-state index in [0.29, 0.717) is 38.3 Å². The van der Waals surface area contributed by atoms with Gasteiger partial charge >= 0.3 is 0 Å². The van der Waals surface area contributed by atoms with Gasteiger partial charge in [-0.15, -0.1) is 0 Å². The van der Waals surface area contributed by atoms with Gasteiger partial charge in [0, 0.05) is 31.6 Å². The van der Waals surface area contributed by atoms with E-state index in [1.807, 2.05) is 4.90 Å². The average molecular weight is 383 g/mol. The van der Waals surface area contributed by atoms with Crippen molar-refractivity contribution in [2.24, 2.45) is 5.92 Å². The zero-order chi connectivity index (χ0) is 18.9. The van der Waals surface area contributed by atoms with E-state index in [1.165, 1.54) is 28.6 Å². The van der Waals surface area contributed by atoms with Crippen molar-refractivity contribution >= 4 is 15.9 Å². The molecule has 2 unspecified atom stereocenters. The van der Waals surface area contributed by atoms with Crippen molar-refractivity contribution in [3.8, 4) is 0 Å². The summed E-state index contributed by atoms with van der Waals surface area (Å²) < 4.78 is 40.7. The van der Waals surface area contributed by atoms with Crippen LogP contribution in [0.25, 0.3) is 0 Å². The highest BCUT2D eigenvalue weighted by Crippen LogP contribution is 2.30. The van der Waals surface area contributed by atoms with E-state index in [2.05, 4.69) is 13.8 Å². The van der Waals surface area contributed by atoms with E-state index in [4.69, 9.17) is 0 Å². The maximum atomic E-state index is 13.9. The molecule has 2 saturated heterocycles. The van der Waals surface area contributed by atoms with Gasteiger partial charge in [0.15, 0.2) is 0 Å². The SMILES string of the molecule is CC1CCC(C)N(C2CCN(S(=O)(=O)c3ccccc3F)CC2)C(=O)C1. The number of likely N-dealkylation sites (tertiary alicyclic amines) is 1. The third-order valence-electron chi connectivity index (χ3n) is 5.63. The summed E-state index contributed by atoms with van der Waals surface area (Å²) in [5.74, 6) is -0.144. The first-order valence-electron chi connectivity index (χ1n) is 9.36. The fourth-order valence-electron chi connectivity index (χ4n) is 4.13. The van der Waals surface area contributed by atoms with Crippen LogP contribution in [0.5, 0.6) is 0 Å². The van der Waals surface area contributed by atoms with Gasteiger partial charge in [-0.3, -0.25) is 4.79 Å². The first kappa shape index (κ1) is 19.3.